The second-order valence-corrected chi connectivity index (χ2v) is 7.48. The summed E-state index contributed by atoms with van der Waals surface area (Å²) in [5, 5.41) is 4.07. The summed E-state index contributed by atoms with van der Waals surface area (Å²) in [6.45, 7) is 4.88. The number of fused-ring (bicyclic) bond motifs is 1. The fourth-order valence-electron chi connectivity index (χ4n) is 4.02. The van der Waals surface area contributed by atoms with E-state index in [2.05, 4.69) is 10.3 Å². The highest BCUT2D eigenvalue weighted by Gasteiger charge is 2.41. The van der Waals surface area contributed by atoms with Gasteiger partial charge in [0.05, 0.1) is 10.9 Å². The SMILES string of the molecule is Cc1c(C)c2ccc(NC(=O)C3(c4ccccc4)CCOCC3)cc2[nH]c1=O. The summed E-state index contributed by atoms with van der Waals surface area (Å²) < 4.78 is 5.52. The first kappa shape index (κ1) is 18.4. The van der Waals surface area contributed by atoms with Gasteiger partial charge in [-0.25, -0.2) is 0 Å². The number of aryl methyl sites for hydroxylation is 1. The van der Waals surface area contributed by atoms with Gasteiger partial charge in [0.15, 0.2) is 0 Å². The number of rotatable bonds is 3. The van der Waals surface area contributed by atoms with Crippen molar-refractivity contribution in [2.24, 2.45) is 0 Å². The molecule has 4 rings (SSSR count). The lowest BCUT2D eigenvalue weighted by atomic mass is 9.73. The molecule has 5 heteroatoms. The Morgan fingerprint density at radius 3 is 2.46 bits per heavy atom. The van der Waals surface area contributed by atoms with Crippen LogP contribution >= 0.6 is 0 Å². The highest BCUT2D eigenvalue weighted by Crippen LogP contribution is 2.36. The van der Waals surface area contributed by atoms with Crippen molar-refractivity contribution in [3.8, 4) is 0 Å². The largest absolute Gasteiger partial charge is 0.381 e. The second kappa shape index (κ2) is 7.24. The summed E-state index contributed by atoms with van der Waals surface area (Å²) >= 11 is 0. The van der Waals surface area contributed by atoms with Gasteiger partial charge < -0.3 is 15.0 Å². The Labute approximate surface area is 163 Å². The number of hydrogen-bond acceptors (Lipinski definition) is 3. The molecule has 0 spiro atoms. The second-order valence-electron chi connectivity index (χ2n) is 7.48. The van der Waals surface area contributed by atoms with Crippen LogP contribution in [0.5, 0.6) is 0 Å². The molecule has 2 N–H and O–H groups in total. The molecule has 5 nitrogen and oxygen atoms in total. The van der Waals surface area contributed by atoms with Crippen LogP contribution in [0.4, 0.5) is 5.69 Å². The quantitative estimate of drug-likeness (QED) is 0.730. The molecule has 28 heavy (non-hydrogen) atoms. The number of aromatic amines is 1. The maximum absolute atomic E-state index is 13.4. The van der Waals surface area contributed by atoms with Crippen molar-refractivity contribution in [3.05, 3.63) is 75.6 Å². The first-order valence-electron chi connectivity index (χ1n) is 9.59. The van der Waals surface area contributed by atoms with E-state index in [-0.39, 0.29) is 11.5 Å². The Morgan fingerprint density at radius 2 is 1.75 bits per heavy atom. The van der Waals surface area contributed by atoms with Gasteiger partial charge in [0, 0.05) is 29.9 Å². The van der Waals surface area contributed by atoms with E-state index in [1.54, 1.807) is 0 Å². The van der Waals surface area contributed by atoms with Gasteiger partial charge in [-0.15, -0.1) is 0 Å². The van der Waals surface area contributed by atoms with Crippen molar-refractivity contribution in [2.75, 3.05) is 18.5 Å². The third kappa shape index (κ3) is 3.12. The van der Waals surface area contributed by atoms with Crippen LogP contribution in [0.25, 0.3) is 10.9 Å². The molecule has 0 saturated carbocycles. The van der Waals surface area contributed by atoms with E-state index in [0.29, 0.717) is 31.7 Å². The fraction of sp³-hybridized carbons (Fsp3) is 0.304. The van der Waals surface area contributed by atoms with E-state index < -0.39 is 5.41 Å². The van der Waals surface area contributed by atoms with E-state index in [0.717, 1.165) is 27.6 Å². The van der Waals surface area contributed by atoms with Crippen molar-refractivity contribution < 1.29 is 9.53 Å². The molecule has 3 aromatic rings. The lowest BCUT2D eigenvalue weighted by Gasteiger charge is -2.36. The van der Waals surface area contributed by atoms with Crippen molar-refractivity contribution in [2.45, 2.75) is 32.1 Å². The Kier molecular flexibility index (Phi) is 4.77. The number of carbonyl (C=O) groups excluding carboxylic acids is 1. The van der Waals surface area contributed by atoms with Crippen LogP contribution in [-0.2, 0) is 14.9 Å². The number of benzene rings is 2. The Balaban J connectivity index is 1.70. The van der Waals surface area contributed by atoms with Gasteiger partial charge >= 0.3 is 0 Å². The number of carbonyl (C=O) groups is 1. The molecule has 1 amide bonds. The van der Waals surface area contributed by atoms with Gasteiger partial charge in [0.1, 0.15) is 0 Å². The minimum atomic E-state index is -0.606. The summed E-state index contributed by atoms with van der Waals surface area (Å²) in [4.78, 5) is 28.4. The molecule has 2 heterocycles. The zero-order valence-electron chi connectivity index (χ0n) is 16.2. The Morgan fingerprint density at radius 1 is 1.04 bits per heavy atom. The van der Waals surface area contributed by atoms with Crippen LogP contribution in [0.2, 0.25) is 0 Å². The van der Waals surface area contributed by atoms with Crippen LogP contribution in [0.3, 0.4) is 0 Å². The number of anilines is 1. The van der Waals surface area contributed by atoms with Crippen molar-refractivity contribution in [1.29, 1.82) is 0 Å². The third-order valence-electron chi connectivity index (χ3n) is 5.94. The molecule has 1 fully saturated rings. The predicted molar refractivity (Wildman–Crippen MR) is 111 cm³/mol. The average molecular weight is 376 g/mol. The zero-order valence-corrected chi connectivity index (χ0v) is 16.2. The molecular weight excluding hydrogens is 352 g/mol. The fourth-order valence-corrected chi connectivity index (χ4v) is 4.02. The number of pyridine rings is 1. The van der Waals surface area contributed by atoms with Crippen LogP contribution in [-0.4, -0.2) is 24.1 Å². The standard InChI is InChI=1S/C23H24N2O3/c1-15-16(2)21(26)25-20-14-18(8-9-19(15)20)24-22(27)23(10-12-28-13-11-23)17-6-4-3-5-7-17/h3-9,14H,10-13H2,1-2H3,(H,24,27)(H,25,26). The summed E-state index contributed by atoms with van der Waals surface area (Å²) in [6.07, 6.45) is 1.29. The number of hydrogen-bond donors (Lipinski definition) is 2. The van der Waals surface area contributed by atoms with E-state index in [1.165, 1.54) is 0 Å². The highest BCUT2D eigenvalue weighted by atomic mass is 16.5. The van der Waals surface area contributed by atoms with Crippen LogP contribution in [0, 0.1) is 13.8 Å². The third-order valence-corrected chi connectivity index (χ3v) is 5.94. The van der Waals surface area contributed by atoms with Gasteiger partial charge in [-0.05, 0) is 49.9 Å². The Hall–Kier alpha value is -2.92. The van der Waals surface area contributed by atoms with Crippen LogP contribution in [0.15, 0.2) is 53.3 Å². The molecule has 144 valence electrons. The lowest BCUT2D eigenvalue weighted by molar-refractivity contribution is -0.125. The van der Waals surface area contributed by atoms with Crippen molar-refractivity contribution in [1.82, 2.24) is 4.98 Å². The average Bonchev–Trinajstić information content (AvgIpc) is 2.73. The number of ether oxygens (including phenoxy) is 1. The lowest BCUT2D eigenvalue weighted by Crippen LogP contribution is -2.44. The Bertz CT molecular complexity index is 1080. The van der Waals surface area contributed by atoms with Gasteiger partial charge in [0.2, 0.25) is 5.91 Å². The summed E-state index contributed by atoms with van der Waals surface area (Å²) in [7, 11) is 0. The van der Waals surface area contributed by atoms with E-state index in [1.807, 2.05) is 62.4 Å². The number of amides is 1. The molecule has 0 bridgehead atoms. The molecule has 1 saturated heterocycles. The molecule has 0 radical (unpaired) electrons. The molecular formula is C23H24N2O3. The van der Waals surface area contributed by atoms with Crippen molar-refractivity contribution in [3.63, 3.8) is 0 Å². The van der Waals surface area contributed by atoms with Crippen LogP contribution in [0.1, 0.15) is 29.5 Å². The molecule has 2 aromatic carbocycles. The highest BCUT2D eigenvalue weighted by molar-refractivity contribution is 6.00. The molecule has 1 aromatic heterocycles. The summed E-state index contributed by atoms with van der Waals surface area (Å²) in [6, 6.07) is 15.6. The monoisotopic (exact) mass is 376 g/mol. The van der Waals surface area contributed by atoms with E-state index in [9.17, 15) is 9.59 Å². The summed E-state index contributed by atoms with van der Waals surface area (Å²) in [5.41, 5.74) is 3.39. The smallest absolute Gasteiger partial charge is 0.251 e. The molecule has 0 aliphatic carbocycles. The molecule has 1 aliphatic heterocycles. The zero-order chi connectivity index (χ0) is 19.7. The van der Waals surface area contributed by atoms with Gasteiger partial charge in [0.25, 0.3) is 5.56 Å². The normalized spacial score (nSPS) is 16.1. The maximum atomic E-state index is 13.4. The minimum Gasteiger partial charge on any atom is -0.381 e. The molecule has 0 atom stereocenters. The van der Waals surface area contributed by atoms with Crippen LogP contribution < -0.4 is 10.9 Å². The van der Waals surface area contributed by atoms with Gasteiger partial charge in [-0.2, -0.15) is 0 Å². The minimum absolute atomic E-state index is 0.0347. The van der Waals surface area contributed by atoms with E-state index in [4.69, 9.17) is 4.74 Å². The van der Waals surface area contributed by atoms with Gasteiger partial charge in [-0.1, -0.05) is 36.4 Å². The molecule has 0 unspecified atom stereocenters. The number of aromatic nitrogens is 1. The summed E-state index contributed by atoms with van der Waals surface area (Å²) in [5.74, 6) is -0.0347. The van der Waals surface area contributed by atoms with Gasteiger partial charge in [-0.3, -0.25) is 9.59 Å². The van der Waals surface area contributed by atoms with E-state index >= 15 is 0 Å². The van der Waals surface area contributed by atoms with Crippen molar-refractivity contribution >= 4 is 22.5 Å². The maximum Gasteiger partial charge on any atom is 0.251 e. The number of H-pyrrole nitrogens is 1. The molecule has 1 aliphatic rings. The number of nitrogens with one attached hydrogen (secondary N) is 2. The first-order valence-corrected chi connectivity index (χ1v) is 9.59. The first-order chi connectivity index (χ1) is 13.5. The topological polar surface area (TPSA) is 71.2 Å². The predicted octanol–water partition coefficient (Wildman–Crippen LogP) is 3.83.